The van der Waals surface area contributed by atoms with Gasteiger partial charge in [-0.05, 0) is 0 Å². The molecule has 1 unspecified atom stereocenters. The number of halogens is 8. The summed E-state index contributed by atoms with van der Waals surface area (Å²) in [5, 5.41) is 0. The van der Waals surface area contributed by atoms with Gasteiger partial charge < -0.3 is 0 Å². The first kappa shape index (κ1) is 42.0. The molecule has 0 nitrogen and oxygen atoms in total. The summed E-state index contributed by atoms with van der Waals surface area (Å²) in [6.07, 6.45) is -3.23. The largest absolute Gasteiger partial charge is 0.147 e. The number of benzene rings is 4. The molecular formula is C43H44Cl2F6Zr. The van der Waals surface area contributed by atoms with Crippen molar-refractivity contribution in [2.24, 2.45) is 11.3 Å². The molecule has 1 atom stereocenters. The van der Waals surface area contributed by atoms with Crippen LogP contribution in [-0.4, -0.2) is 3.21 Å². The zero-order chi connectivity index (χ0) is 36.5. The fraction of sp³-hybridized carbons (Fsp3) is 0.326. The molecule has 0 radical (unpaired) electrons. The number of fused-ring (bicyclic) bond motifs is 3. The molecular weight excluding hydrogens is 793 g/mol. The molecule has 0 saturated heterocycles. The van der Waals surface area contributed by atoms with E-state index in [4.69, 9.17) is 0 Å². The van der Waals surface area contributed by atoms with Crippen LogP contribution in [0.2, 0.25) is 0 Å². The first-order valence-electron chi connectivity index (χ1n) is 17.1. The topological polar surface area (TPSA) is 0 Å². The molecule has 4 aromatic rings. The van der Waals surface area contributed by atoms with Crippen molar-refractivity contribution in [2.75, 3.05) is 0 Å². The maximum atomic E-state index is 14.3. The van der Waals surface area contributed by atoms with Crippen molar-refractivity contribution in [3.63, 3.8) is 0 Å². The molecule has 0 N–H and O–H groups in total. The Kier molecular flexibility index (Phi) is 12.3. The Bertz CT molecular complexity index is 2070. The van der Waals surface area contributed by atoms with E-state index in [-0.39, 0.29) is 36.1 Å². The van der Waals surface area contributed by atoms with Crippen LogP contribution < -0.4 is 3.27 Å². The van der Waals surface area contributed by atoms with Crippen LogP contribution in [0.15, 0.2) is 87.7 Å². The van der Waals surface area contributed by atoms with Crippen molar-refractivity contribution in [3.05, 3.63) is 143 Å². The summed E-state index contributed by atoms with van der Waals surface area (Å²) >= 11 is -3.74. The van der Waals surface area contributed by atoms with Crippen LogP contribution in [0.4, 0.5) is 26.3 Å². The maximum absolute atomic E-state index is 14.3. The predicted octanol–water partition coefficient (Wildman–Crippen LogP) is 12.8. The minimum absolute atomic E-state index is 0. The van der Waals surface area contributed by atoms with E-state index in [1.165, 1.54) is 37.7 Å². The quantitative estimate of drug-likeness (QED) is 0.155. The molecule has 0 bridgehead atoms. The number of hydrogen-bond donors (Lipinski definition) is 0. The molecule has 0 fully saturated rings. The van der Waals surface area contributed by atoms with E-state index in [9.17, 15) is 26.3 Å². The normalized spacial score (nSPS) is 15.2. The fourth-order valence-corrected chi connectivity index (χ4v) is 16.7. The Morgan fingerprint density at radius 3 is 1.73 bits per heavy atom. The molecule has 4 aromatic carbocycles. The molecule has 0 aromatic heterocycles. The van der Waals surface area contributed by atoms with E-state index in [1.54, 1.807) is 12.1 Å². The third-order valence-corrected chi connectivity index (χ3v) is 18.7. The summed E-state index contributed by atoms with van der Waals surface area (Å²) < 4.78 is 89.0. The van der Waals surface area contributed by atoms with Gasteiger partial charge in [0.1, 0.15) is 0 Å². The van der Waals surface area contributed by atoms with Gasteiger partial charge in [0.05, 0.1) is 0 Å². The Labute approximate surface area is 323 Å². The summed E-state index contributed by atoms with van der Waals surface area (Å²) in [5.41, 5.74) is 9.20. The Morgan fingerprint density at radius 1 is 0.712 bits per heavy atom. The average Bonchev–Trinajstić information content (AvgIpc) is 3.62. The smallest absolute Gasteiger partial charge is 0.147 e. The zero-order valence-electron chi connectivity index (χ0n) is 30.6. The van der Waals surface area contributed by atoms with E-state index in [0.29, 0.717) is 20.8 Å². The molecule has 2 aliphatic carbocycles. The predicted molar refractivity (Wildman–Crippen MR) is 203 cm³/mol. The molecule has 0 aliphatic heterocycles. The van der Waals surface area contributed by atoms with Crippen LogP contribution in [0.25, 0.3) is 11.1 Å². The van der Waals surface area contributed by atoms with Gasteiger partial charge in [0.25, 0.3) is 0 Å². The number of allylic oxidation sites excluding steroid dienone is 4. The van der Waals surface area contributed by atoms with Crippen LogP contribution in [0.3, 0.4) is 0 Å². The molecule has 9 heteroatoms. The number of rotatable bonds is 5. The van der Waals surface area contributed by atoms with Crippen molar-refractivity contribution in [2.45, 2.75) is 80.6 Å². The summed E-state index contributed by atoms with van der Waals surface area (Å²) in [4.78, 5) is 0. The minimum Gasteiger partial charge on any atom is -0.147 e. The molecule has 0 saturated carbocycles. The summed E-state index contributed by atoms with van der Waals surface area (Å²) in [7, 11) is 0. The third kappa shape index (κ3) is 7.89. The summed E-state index contributed by atoms with van der Waals surface area (Å²) in [5.74, 6) is 0.0223. The van der Waals surface area contributed by atoms with Crippen molar-refractivity contribution in [1.29, 1.82) is 0 Å². The standard InChI is InChI=1S/C17H17.C15H8F6.C11H17.2ClH.Zr/c1-10-5-14-9-15-6-11(2)13(4)8-17(15)16(14)7-12(10)3;16-14(17,18)12-5-1-3-10(8-12)7-11-4-2-6-13(9-11)15(19,20)21;1-5-9-6-7-10(8-9)11(2,3)4;;;/h5,7-8H,9H2,1-4H3;1-6,8-9H;7-9H,5H2,1-4H3;2*1H;. The molecule has 0 heterocycles. The molecule has 0 spiro atoms. The van der Waals surface area contributed by atoms with Gasteiger partial charge in [-0.1, -0.05) is 0 Å². The van der Waals surface area contributed by atoms with Crippen LogP contribution in [0.5, 0.6) is 0 Å². The van der Waals surface area contributed by atoms with Gasteiger partial charge in [-0.25, -0.2) is 0 Å². The first-order chi connectivity index (χ1) is 23.3. The van der Waals surface area contributed by atoms with E-state index in [1.807, 2.05) is 0 Å². The second-order valence-corrected chi connectivity index (χ2v) is 20.6. The van der Waals surface area contributed by atoms with E-state index >= 15 is 0 Å². The molecule has 6 rings (SSSR count). The second-order valence-electron chi connectivity index (χ2n) is 14.9. The summed E-state index contributed by atoms with van der Waals surface area (Å²) in [6, 6.07) is 17.2. The van der Waals surface area contributed by atoms with Gasteiger partial charge >= 0.3 is 301 Å². The van der Waals surface area contributed by atoms with Gasteiger partial charge in [-0.3, -0.25) is 0 Å². The minimum atomic E-state index is -4.62. The monoisotopic (exact) mass is 834 g/mol. The second kappa shape index (κ2) is 15.2. The van der Waals surface area contributed by atoms with Gasteiger partial charge in [-0.2, -0.15) is 0 Å². The Balaban J connectivity index is 0.00000302. The molecule has 2 aliphatic rings. The van der Waals surface area contributed by atoms with Crippen molar-refractivity contribution in [3.8, 4) is 11.1 Å². The fourth-order valence-electron chi connectivity index (χ4n) is 7.46. The van der Waals surface area contributed by atoms with Gasteiger partial charge in [0, 0.05) is 0 Å². The molecule has 52 heavy (non-hydrogen) atoms. The maximum Gasteiger partial charge on any atom is -0.147 e. The zero-order valence-corrected chi connectivity index (χ0v) is 34.7. The van der Waals surface area contributed by atoms with Gasteiger partial charge in [0.2, 0.25) is 0 Å². The molecule has 0 amide bonds. The van der Waals surface area contributed by atoms with Crippen molar-refractivity contribution < 1.29 is 47.6 Å². The van der Waals surface area contributed by atoms with Crippen LogP contribution >= 0.6 is 24.8 Å². The van der Waals surface area contributed by atoms with Crippen LogP contribution in [0.1, 0.15) is 89.8 Å². The first-order valence-corrected chi connectivity index (χ1v) is 20.8. The van der Waals surface area contributed by atoms with Crippen molar-refractivity contribution in [1.82, 2.24) is 0 Å². The Hall–Kier alpha value is -2.73. The number of aryl methyl sites for hydroxylation is 3. The SMILES string of the molecule is CCC1C=C(C(C)(C)C)C=[C]1[Zr](=[C](c1cccc(C(F)(F)F)c1)c1cccc(C(F)(F)F)c1)[c]1c(C)c(C)cc2c1Cc1cc(C)c(C)cc1-2.Cl.Cl. The van der Waals surface area contributed by atoms with Crippen LogP contribution in [-0.2, 0) is 40.0 Å². The van der Waals surface area contributed by atoms with E-state index in [2.05, 4.69) is 85.7 Å². The van der Waals surface area contributed by atoms with Crippen LogP contribution in [0, 0.1) is 39.0 Å². The third-order valence-electron chi connectivity index (χ3n) is 10.5. The van der Waals surface area contributed by atoms with Crippen molar-refractivity contribution >= 4 is 31.3 Å². The molecule has 276 valence electrons. The Morgan fingerprint density at radius 2 is 1.23 bits per heavy atom. The summed E-state index contributed by atoms with van der Waals surface area (Å²) in [6.45, 7) is 16.9. The van der Waals surface area contributed by atoms with E-state index in [0.717, 1.165) is 61.8 Å². The number of hydrogen-bond acceptors (Lipinski definition) is 0. The van der Waals surface area contributed by atoms with Gasteiger partial charge in [0.15, 0.2) is 0 Å². The average molecular weight is 837 g/mol. The number of alkyl halides is 6. The van der Waals surface area contributed by atoms with Gasteiger partial charge in [-0.15, -0.1) is 24.8 Å². The van der Waals surface area contributed by atoms with E-state index < -0.39 is 44.7 Å².